The Labute approximate surface area is 127 Å². The van der Waals surface area contributed by atoms with Crippen molar-refractivity contribution in [2.24, 2.45) is 5.92 Å². The van der Waals surface area contributed by atoms with Crippen molar-refractivity contribution in [1.29, 1.82) is 0 Å². The van der Waals surface area contributed by atoms with Crippen LogP contribution in [0.25, 0.3) is 0 Å². The fraction of sp³-hybridized carbons (Fsp3) is 0.467. The van der Waals surface area contributed by atoms with Gasteiger partial charge in [0, 0.05) is 17.7 Å². The molecule has 22 heavy (non-hydrogen) atoms. The molecule has 1 aromatic carbocycles. The van der Waals surface area contributed by atoms with Gasteiger partial charge in [0.1, 0.15) is 12.4 Å². The number of benzene rings is 1. The number of alkyl carbamates (subject to hydrolysis) is 1. The number of hydrogen-bond donors (Lipinski definition) is 1. The molecular weight excluding hydrogens is 296 g/mol. The third kappa shape index (κ3) is 5.31. The van der Waals surface area contributed by atoms with Gasteiger partial charge < -0.3 is 14.8 Å². The van der Waals surface area contributed by atoms with Crippen LogP contribution < -0.4 is 10.1 Å². The molecule has 1 rings (SSSR count). The lowest BCUT2D eigenvalue weighted by atomic mass is 10.2. The number of halogens is 2. The van der Waals surface area contributed by atoms with E-state index in [9.17, 15) is 18.4 Å². The summed E-state index contributed by atoms with van der Waals surface area (Å²) < 4.78 is 37.1. The molecule has 0 aliphatic heterocycles. The fourth-order valence-electron chi connectivity index (χ4n) is 1.41. The van der Waals surface area contributed by atoms with Crippen molar-refractivity contribution in [2.45, 2.75) is 40.3 Å². The van der Waals surface area contributed by atoms with Crippen LogP contribution in [0.2, 0.25) is 0 Å². The summed E-state index contributed by atoms with van der Waals surface area (Å²) in [6.45, 7) is 6.19. The normalized spacial score (nSPS) is 10.7. The lowest BCUT2D eigenvalue weighted by Crippen LogP contribution is -2.30. The minimum atomic E-state index is -0.904. The average molecular weight is 315 g/mol. The zero-order chi connectivity index (χ0) is 16.9. The molecule has 0 saturated heterocycles. The first kappa shape index (κ1) is 17.9. The predicted octanol–water partition coefficient (Wildman–Crippen LogP) is 3.16. The van der Waals surface area contributed by atoms with Gasteiger partial charge in [0.15, 0.2) is 11.6 Å². The van der Waals surface area contributed by atoms with Gasteiger partial charge in [0.05, 0.1) is 5.92 Å². The molecule has 7 heteroatoms. The summed E-state index contributed by atoms with van der Waals surface area (Å²) in [5.74, 6) is -3.36. The first-order valence-electron chi connectivity index (χ1n) is 6.83. The van der Waals surface area contributed by atoms with Gasteiger partial charge in [-0.1, -0.05) is 13.8 Å². The summed E-state index contributed by atoms with van der Waals surface area (Å²) in [5.41, 5.74) is -0.152. The molecule has 0 radical (unpaired) electrons. The second-order valence-electron chi connectivity index (χ2n) is 5.33. The third-order valence-electron chi connectivity index (χ3n) is 2.55. The van der Waals surface area contributed by atoms with Crippen LogP contribution >= 0.6 is 0 Å². The zero-order valence-electron chi connectivity index (χ0n) is 12.9. The van der Waals surface area contributed by atoms with E-state index in [4.69, 9.17) is 9.47 Å². The Kier molecular flexibility index (Phi) is 6.27. The molecule has 0 saturated carbocycles. The van der Waals surface area contributed by atoms with Crippen LogP contribution in [0.3, 0.4) is 0 Å². The molecule has 1 N–H and O–H groups in total. The number of carbonyl (C=O) groups excluding carboxylic acids is 2. The van der Waals surface area contributed by atoms with E-state index in [1.54, 1.807) is 27.7 Å². The minimum absolute atomic E-state index is 0.132. The summed E-state index contributed by atoms with van der Waals surface area (Å²) in [6.07, 6.45) is -0.731. The van der Waals surface area contributed by atoms with Crippen molar-refractivity contribution in [3.8, 4) is 5.75 Å². The summed E-state index contributed by atoms with van der Waals surface area (Å²) in [4.78, 5) is 22.7. The highest BCUT2D eigenvalue weighted by atomic mass is 19.1. The Hall–Kier alpha value is -2.18. The van der Waals surface area contributed by atoms with E-state index in [0.717, 1.165) is 12.1 Å². The molecule has 0 unspecified atom stereocenters. The number of hydrogen-bond acceptors (Lipinski definition) is 4. The van der Waals surface area contributed by atoms with Crippen LogP contribution in [0.5, 0.6) is 5.75 Å². The Morgan fingerprint density at radius 3 is 2.32 bits per heavy atom. The van der Waals surface area contributed by atoms with E-state index in [0.29, 0.717) is 0 Å². The zero-order valence-corrected chi connectivity index (χ0v) is 12.9. The van der Waals surface area contributed by atoms with Gasteiger partial charge in [-0.05, 0) is 19.9 Å². The number of amides is 1. The van der Waals surface area contributed by atoms with Crippen molar-refractivity contribution in [3.63, 3.8) is 0 Å². The summed E-state index contributed by atoms with van der Waals surface area (Å²) in [6, 6.07) is 1.46. The molecule has 0 fully saturated rings. The largest absolute Gasteiger partial charge is 0.445 e. The fourth-order valence-corrected chi connectivity index (χ4v) is 1.41. The highest BCUT2D eigenvalue weighted by Crippen LogP contribution is 2.23. The van der Waals surface area contributed by atoms with Crippen LogP contribution in [0.4, 0.5) is 13.6 Å². The number of ether oxygens (including phenoxy) is 2. The average Bonchev–Trinajstić information content (AvgIpc) is 2.39. The van der Waals surface area contributed by atoms with E-state index >= 15 is 0 Å². The molecule has 1 amide bonds. The number of carbonyl (C=O) groups is 2. The van der Waals surface area contributed by atoms with E-state index in [1.807, 2.05) is 0 Å². The lowest BCUT2D eigenvalue weighted by Gasteiger charge is -2.12. The highest BCUT2D eigenvalue weighted by molar-refractivity contribution is 5.74. The first-order chi connectivity index (χ1) is 10.2. The standard InChI is InChI=1S/C15H19F2NO4/c1-8(2)14(19)22-13-6-11(16)10(5-12(13)17)7-21-15(20)18-9(3)4/h5-6,8-9H,7H2,1-4H3,(H,18,20). The van der Waals surface area contributed by atoms with Crippen LogP contribution in [0.1, 0.15) is 33.3 Å². The quantitative estimate of drug-likeness (QED) is 0.669. The van der Waals surface area contributed by atoms with Crippen LogP contribution in [-0.4, -0.2) is 18.1 Å². The topological polar surface area (TPSA) is 64.6 Å². The minimum Gasteiger partial charge on any atom is -0.445 e. The maximum atomic E-state index is 13.8. The SMILES string of the molecule is CC(C)NC(=O)OCc1cc(F)c(OC(=O)C(C)C)cc1F. The van der Waals surface area contributed by atoms with Crippen molar-refractivity contribution in [3.05, 3.63) is 29.3 Å². The van der Waals surface area contributed by atoms with Gasteiger partial charge in [-0.3, -0.25) is 4.79 Å². The summed E-state index contributed by atoms with van der Waals surface area (Å²) >= 11 is 0. The Morgan fingerprint density at radius 1 is 1.14 bits per heavy atom. The number of rotatable bonds is 5. The molecule has 0 aliphatic rings. The van der Waals surface area contributed by atoms with Gasteiger partial charge in [-0.15, -0.1) is 0 Å². The highest BCUT2D eigenvalue weighted by Gasteiger charge is 2.17. The third-order valence-corrected chi connectivity index (χ3v) is 2.55. The van der Waals surface area contributed by atoms with Crippen LogP contribution in [0, 0.1) is 17.6 Å². The van der Waals surface area contributed by atoms with Crippen molar-refractivity contribution >= 4 is 12.1 Å². The molecule has 0 aliphatic carbocycles. The first-order valence-corrected chi connectivity index (χ1v) is 6.83. The van der Waals surface area contributed by atoms with Crippen LogP contribution in [-0.2, 0) is 16.1 Å². The molecule has 0 heterocycles. The molecule has 122 valence electrons. The smallest absolute Gasteiger partial charge is 0.407 e. The number of esters is 1. The molecule has 5 nitrogen and oxygen atoms in total. The molecule has 1 aromatic rings. The lowest BCUT2D eigenvalue weighted by molar-refractivity contribution is -0.137. The molecule has 0 spiro atoms. The monoisotopic (exact) mass is 315 g/mol. The second kappa shape index (κ2) is 7.72. The van der Waals surface area contributed by atoms with Gasteiger partial charge in [-0.2, -0.15) is 0 Å². The van der Waals surface area contributed by atoms with Gasteiger partial charge >= 0.3 is 12.1 Å². The van der Waals surface area contributed by atoms with E-state index in [-0.39, 0.29) is 11.6 Å². The predicted molar refractivity (Wildman–Crippen MR) is 75.3 cm³/mol. The Balaban J connectivity index is 2.77. The van der Waals surface area contributed by atoms with Crippen molar-refractivity contribution < 1.29 is 27.8 Å². The Bertz CT molecular complexity index is 559. The van der Waals surface area contributed by atoms with Gasteiger partial charge in [0.25, 0.3) is 0 Å². The van der Waals surface area contributed by atoms with Crippen molar-refractivity contribution in [1.82, 2.24) is 5.32 Å². The number of nitrogens with one attached hydrogen (secondary N) is 1. The van der Waals surface area contributed by atoms with Crippen LogP contribution in [0.15, 0.2) is 12.1 Å². The summed E-state index contributed by atoms with van der Waals surface area (Å²) in [5, 5.41) is 2.45. The maximum Gasteiger partial charge on any atom is 0.407 e. The molecule has 0 aromatic heterocycles. The van der Waals surface area contributed by atoms with Gasteiger partial charge in [0.2, 0.25) is 0 Å². The van der Waals surface area contributed by atoms with E-state index in [1.165, 1.54) is 0 Å². The Morgan fingerprint density at radius 2 is 1.77 bits per heavy atom. The molecule has 0 atom stereocenters. The van der Waals surface area contributed by atoms with E-state index < -0.39 is 42.0 Å². The second-order valence-corrected chi connectivity index (χ2v) is 5.33. The van der Waals surface area contributed by atoms with Crippen molar-refractivity contribution in [2.75, 3.05) is 0 Å². The molecule has 0 bridgehead atoms. The summed E-state index contributed by atoms with van der Waals surface area (Å²) in [7, 11) is 0. The maximum absolute atomic E-state index is 13.8. The molecular formula is C15H19F2NO4. The van der Waals surface area contributed by atoms with Gasteiger partial charge in [-0.25, -0.2) is 13.6 Å². The van der Waals surface area contributed by atoms with E-state index in [2.05, 4.69) is 5.32 Å².